The van der Waals surface area contributed by atoms with Crippen LogP contribution in [-0.2, 0) is 21.2 Å². The Kier molecular flexibility index (Phi) is 6.23. The summed E-state index contributed by atoms with van der Waals surface area (Å²) in [4.78, 5) is 12.4. The van der Waals surface area contributed by atoms with Crippen molar-refractivity contribution >= 4 is 38.1 Å². The van der Waals surface area contributed by atoms with E-state index in [0.29, 0.717) is 24.2 Å². The molecule has 4 rings (SSSR count). The summed E-state index contributed by atoms with van der Waals surface area (Å²) >= 11 is 0. The standard InChI is InChI=1S/C26H24N2O3S/c1-19-9-11-20(12-10-19)13-18-26(29)27-22-14-16-23(17-15-22)32(30,31)28-25-8-4-6-21-5-2-3-7-24(21)25/h2-12,14-17,28H,13,18H2,1H3,(H,27,29). The first-order chi connectivity index (χ1) is 15.4. The van der Waals surface area contributed by atoms with Crippen molar-refractivity contribution in [3.05, 3.63) is 102 Å². The highest BCUT2D eigenvalue weighted by Gasteiger charge is 2.15. The zero-order valence-electron chi connectivity index (χ0n) is 17.7. The quantitative estimate of drug-likeness (QED) is 0.394. The number of nitrogens with one attached hydrogen (secondary N) is 2. The van der Waals surface area contributed by atoms with Crippen LogP contribution in [0.4, 0.5) is 11.4 Å². The minimum atomic E-state index is -3.76. The Bertz CT molecular complexity index is 1340. The van der Waals surface area contributed by atoms with Crippen molar-refractivity contribution in [2.24, 2.45) is 0 Å². The molecule has 0 heterocycles. The maximum atomic E-state index is 12.9. The molecule has 0 saturated carbocycles. The van der Waals surface area contributed by atoms with Crippen LogP contribution in [0.3, 0.4) is 0 Å². The van der Waals surface area contributed by atoms with Crippen LogP contribution in [0.5, 0.6) is 0 Å². The van der Waals surface area contributed by atoms with E-state index in [1.54, 1.807) is 18.2 Å². The molecular formula is C26H24N2O3S. The molecule has 0 unspecified atom stereocenters. The van der Waals surface area contributed by atoms with Crippen LogP contribution >= 0.6 is 0 Å². The monoisotopic (exact) mass is 444 g/mol. The molecule has 0 fully saturated rings. The zero-order valence-corrected chi connectivity index (χ0v) is 18.5. The number of aryl methyl sites for hydroxylation is 2. The van der Waals surface area contributed by atoms with E-state index < -0.39 is 10.0 Å². The average molecular weight is 445 g/mol. The summed E-state index contributed by atoms with van der Waals surface area (Å²) in [5.41, 5.74) is 3.37. The third kappa shape index (κ3) is 5.15. The van der Waals surface area contributed by atoms with Crippen molar-refractivity contribution in [2.75, 3.05) is 10.0 Å². The number of fused-ring (bicyclic) bond motifs is 1. The molecule has 0 aliphatic carbocycles. The van der Waals surface area contributed by atoms with Gasteiger partial charge in [0.1, 0.15) is 0 Å². The first kappa shape index (κ1) is 21.6. The molecule has 0 aromatic heterocycles. The predicted molar refractivity (Wildman–Crippen MR) is 129 cm³/mol. The second-order valence-corrected chi connectivity index (χ2v) is 9.37. The van der Waals surface area contributed by atoms with Crippen molar-refractivity contribution < 1.29 is 13.2 Å². The van der Waals surface area contributed by atoms with Gasteiger partial charge < -0.3 is 5.32 Å². The topological polar surface area (TPSA) is 75.3 Å². The van der Waals surface area contributed by atoms with Crippen molar-refractivity contribution in [1.29, 1.82) is 0 Å². The van der Waals surface area contributed by atoms with Gasteiger partial charge in [-0.05, 0) is 54.6 Å². The number of carbonyl (C=O) groups is 1. The number of sulfonamides is 1. The third-order valence-electron chi connectivity index (χ3n) is 5.24. The van der Waals surface area contributed by atoms with Crippen LogP contribution in [0, 0.1) is 6.92 Å². The van der Waals surface area contributed by atoms with Gasteiger partial charge in [0.15, 0.2) is 0 Å². The smallest absolute Gasteiger partial charge is 0.261 e. The lowest BCUT2D eigenvalue weighted by Crippen LogP contribution is -2.14. The summed E-state index contributed by atoms with van der Waals surface area (Å²) in [6.07, 6.45) is 0.999. The molecule has 32 heavy (non-hydrogen) atoms. The molecule has 0 aliphatic heterocycles. The van der Waals surface area contributed by atoms with Crippen molar-refractivity contribution in [2.45, 2.75) is 24.7 Å². The molecule has 5 nitrogen and oxygen atoms in total. The molecule has 1 amide bonds. The summed E-state index contributed by atoms with van der Waals surface area (Å²) in [5.74, 6) is -0.116. The molecule has 4 aromatic rings. The Hall–Kier alpha value is -3.64. The first-order valence-corrected chi connectivity index (χ1v) is 11.9. The SMILES string of the molecule is Cc1ccc(CCC(=O)Nc2ccc(S(=O)(=O)Nc3cccc4ccccc34)cc2)cc1. The zero-order chi connectivity index (χ0) is 22.6. The number of anilines is 2. The fourth-order valence-corrected chi connectivity index (χ4v) is 4.55. The number of rotatable bonds is 7. The molecule has 0 bridgehead atoms. The van der Waals surface area contributed by atoms with Crippen molar-refractivity contribution in [3.63, 3.8) is 0 Å². The predicted octanol–water partition coefficient (Wildman–Crippen LogP) is 5.52. The van der Waals surface area contributed by atoms with E-state index in [9.17, 15) is 13.2 Å². The van der Waals surface area contributed by atoms with Gasteiger partial charge in [-0.25, -0.2) is 8.42 Å². The minimum absolute atomic E-state index is 0.116. The molecule has 0 aliphatic rings. The van der Waals surface area contributed by atoms with Crippen LogP contribution in [0.25, 0.3) is 10.8 Å². The van der Waals surface area contributed by atoms with Gasteiger partial charge >= 0.3 is 0 Å². The van der Waals surface area contributed by atoms with Gasteiger partial charge in [0.2, 0.25) is 5.91 Å². The van der Waals surface area contributed by atoms with E-state index in [4.69, 9.17) is 0 Å². The average Bonchev–Trinajstić information content (AvgIpc) is 2.79. The molecule has 0 saturated heterocycles. The van der Waals surface area contributed by atoms with E-state index in [2.05, 4.69) is 10.0 Å². The van der Waals surface area contributed by atoms with E-state index in [1.165, 1.54) is 17.7 Å². The normalized spacial score (nSPS) is 11.3. The van der Waals surface area contributed by atoms with Crippen molar-refractivity contribution in [1.82, 2.24) is 0 Å². The summed E-state index contributed by atoms with van der Waals surface area (Å²) in [5, 5.41) is 4.61. The van der Waals surface area contributed by atoms with Gasteiger partial charge in [-0.3, -0.25) is 9.52 Å². The fraction of sp³-hybridized carbons (Fsp3) is 0.115. The molecule has 2 N–H and O–H groups in total. The highest BCUT2D eigenvalue weighted by Crippen LogP contribution is 2.26. The Morgan fingerprint density at radius 1 is 0.812 bits per heavy atom. The van der Waals surface area contributed by atoms with Gasteiger partial charge in [-0.2, -0.15) is 0 Å². The Balaban J connectivity index is 1.41. The first-order valence-electron chi connectivity index (χ1n) is 10.4. The number of amides is 1. The molecule has 4 aromatic carbocycles. The van der Waals surface area contributed by atoms with E-state index in [1.807, 2.05) is 67.6 Å². The van der Waals surface area contributed by atoms with Crippen LogP contribution in [0.1, 0.15) is 17.5 Å². The van der Waals surface area contributed by atoms with Gasteiger partial charge in [-0.1, -0.05) is 66.2 Å². The lowest BCUT2D eigenvalue weighted by atomic mass is 10.1. The Morgan fingerprint density at radius 3 is 2.25 bits per heavy atom. The number of benzene rings is 4. The van der Waals surface area contributed by atoms with Crippen LogP contribution in [0.15, 0.2) is 95.9 Å². The number of hydrogen-bond acceptors (Lipinski definition) is 3. The van der Waals surface area contributed by atoms with E-state index in [-0.39, 0.29) is 10.8 Å². The highest BCUT2D eigenvalue weighted by atomic mass is 32.2. The second kappa shape index (κ2) is 9.24. The highest BCUT2D eigenvalue weighted by molar-refractivity contribution is 7.92. The van der Waals surface area contributed by atoms with Gasteiger partial charge in [0.25, 0.3) is 10.0 Å². The Morgan fingerprint density at radius 2 is 1.50 bits per heavy atom. The maximum absolute atomic E-state index is 12.9. The summed E-state index contributed by atoms with van der Waals surface area (Å²) in [7, 11) is -3.76. The molecule has 6 heteroatoms. The summed E-state index contributed by atoms with van der Waals surface area (Å²) in [6.45, 7) is 2.03. The van der Waals surface area contributed by atoms with Gasteiger partial charge in [0.05, 0.1) is 10.6 Å². The molecular weight excluding hydrogens is 420 g/mol. The largest absolute Gasteiger partial charge is 0.326 e. The second-order valence-electron chi connectivity index (χ2n) is 7.69. The fourth-order valence-electron chi connectivity index (χ4n) is 3.47. The summed E-state index contributed by atoms with van der Waals surface area (Å²) in [6, 6.07) is 27.3. The Labute approximate surface area is 188 Å². The van der Waals surface area contributed by atoms with Crippen LogP contribution in [0.2, 0.25) is 0 Å². The number of carbonyl (C=O) groups excluding carboxylic acids is 1. The number of hydrogen-bond donors (Lipinski definition) is 2. The minimum Gasteiger partial charge on any atom is -0.326 e. The van der Waals surface area contributed by atoms with Crippen molar-refractivity contribution in [3.8, 4) is 0 Å². The lowest BCUT2D eigenvalue weighted by Gasteiger charge is -2.11. The van der Waals surface area contributed by atoms with Gasteiger partial charge in [-0.15, -0.1) is 0 Å². The molecule has 162 valence electrons. The summed E-state index contributed by atoms with van der Waals surface area (Å²) < 4.78 is 28.4. The third-order valence-corrected chi connectivity index (χ3v) is 6.63. The molecule has 0 atom stereocenters. The lowest BCUT2D eigenvalue weighted by molar-refractivity contribution is -0.116. The molecule has 0 radical (unpaired) electrons. The van der Waals surface area contributed by atoms with Crippen LogP contribution < -0.4 is 10.0 Å². The van der Waals surface area contributed by atoms with E-state index >= 15 is 0 Å². The van der Waals surface area contributed by atoms with E-state index in [0.717, 1.165) is 16.3 Å². The maximum Gasteiger partial charge on any atom is 0.261 e. The van der Waals surface area contributed by atoms with Gasteiger partial charge in [0, 0.05) is 17.5 Å². The molecule has 0 spiro atoms. The van der Waals surface area contributed by atoms with Crippen LogP contribution in [-0.4, -0.2) is 14.3 Å².